The number of hydrogen-bond acceptors (Lipinski definition) is 3. The van der Waals surface area contributed by atoms with Crippen LogP contribution in [0.25, 0.3) is 16.6 Å². The van der Waals surface area contributed by atoms with Gasteiger partial charge in [0, 0.05) is 17.6 Å². The van der Waals surface area contributed by atoms with E-state index >= 15 is 0 Å². The van der Waals surface area contributed by atoms with Crippen molar-refractivity contribution in [3.63, 3.8) is 0 Å². The van der Waals surface area contributed by atoms with E-state index in [2.05, 4.69) is 12.2 Å². The standard InChI is InChI=1S/C28H35ClN4O2/c1-3-5-18-32(28(35)30-21-13-7-6-8-14-21)25(4-2)26-31-24-17-10-9-16-23(24)27(34)33(26)22-15-11-12-20(29)19-22/h9-12,15-17,19,21,25H,3-8,13-14,18H2,1-2H3,(H,30,35). The highest BCUT2D eigenvalue weighted by molar-refractivity contribution is 6.30. The molecule has 1 N–H and O–H groups in total. The maximum absolute atomic E-state index is 13.8. The highest BCUT2D eigenvalue weighted by Crippen LogP contribution is 2.28. The zero-order valence-corrected chi connectivity index (χ0v) is 21.4. The molecule has 1 atom stereocenters. The van der Waals surface area contributed by atoms with Crippen molar-refractivity contribution in [2.45, 2.75) is 77.3 Å². The van der Waals surface area contributed by atoms with Crippen molar-refractivity contribution in [3.8, 4) is 5.69 Å². The number of para-hydroxylation sites is 1. The van der Waals surface area contributed by atoms with Gasteiger partial charge in [-0.3, -0.25) is 9.36 Å². The summed E-state index contributed by atoms with van der Waals surface area (Å²) in [6.07, 6.45) is 8.05. The molecule has 0 spiro atoms. The van der Waals surface area contributed by atoms with Crippen molar-refractivity contribution in [1.82, 2.24) is 19.8 Å². The Bertz CT molecular complexity index is 1220. The van der Waals surface area contributed by atoms with Crippen LogP contribution < -0.4 is 10.9 Å². The molecule has 4 rings (SSSR count). The van der Waals surface area contributed by atoms with Gasteiger partial charge in [-0.1, -0.05) is 69.3 Å². The van der Waals surface area contributed by atoms with Gasteiger partial charge in [0.1, 0.15) is 5.82 Å². The number of nitrogens with one attached hydrogen (secondary N) is 1. The molecular weight excluding hydrogens is 460 g/mol. The third-order valence-corrected chi connectivity index (χ3v) is 7.11. The van der Waals surface area contributed by atoms with Gasteiger partial charge in [-0.05, 0) is 56.0 Å². The molecule has 1 aliphatic carbocycles. The van der Waals surface area contributed by atoms with Crippen LogP contribution in [0, 0.1) is 0 Å². The molecule has 1 unspecified atom stereocenters. The lowest BCUT2D eigenvalue weighted by Gasteiger charge is -2.34. The smallest absolute Gasteiger partial charge is 0.318 e. The summed E-state index contributed by atoms with van der Waals surface area (Å²) in [5.41, 5.74) is 1.12. The van der Waals surface area contributed by atoms with Gasteiger partial charge in [0.2, 0.25) is 0 Å². The van der Waals surface area contributed by atoms with Crippen LogP contribution >= 0.6 is 11.6 Å². The molecule has 186 valence electrons. The molecule has 1 aromatic heterocycles. The Labute approximate surface area is 212 Å². The number of halogens is 1. The number of unbranched alkanes of at least 4 members (excludes halogenated alkanes) is 1. The third kappa shape index (κ3) is 5.69. The first-order chi connectivity index (χ1) is 17.0. The van der Waals surface area contributed by atoms with Crippen LogP contribution in [0.5, 0.6) is 0 Å². The number of rotatable bonds is 8. The predicted octanol–water partition coefficient (Wildman–Crippen LogP) is 6.63. The maximum Gasteiger partial charge on any atom is 0.318 e. The highest BCUT2D eigenvalue weighted by Gasteiger charge is 2.30. The lowest BCUT2D eigenvalue weighted by atomic mass is 9.95. The quantitative estimate of drug-likeness (QED) is 0.382. The number of carbonyl (C=O) groups excluding carboxylic acids is 1. The molecule has 6 nitrogen and oxygen atoms in total. The first-order valence-electron chi connectivity index (χ1n) is 12.9. The van der Waals surface area contributed by atoms with E-state index in [0.29, 0.717) is 40.4 Å². The van der Waals surface area contributed by atoms with E-state index in [-0.39, 0.29) is 23.7 Å². The Morgan fingerprint density at radius 3 is 2.63 bits per heavy atom. The van der Waals surface area contributed by atoms with E-state index in [4.69, 9.17) is 16.6 Å². The van der Waals surface area contributed by atoms with Gasteiger partial charge in [-0.2, -0.15) is 0 Å². The highest BCUT2D eigenvalue weighted by atomic mass is 35.5. The second-order valence-corrected chi connectivity index (χ2v) is 9.80. The Balaban J connectivity index is 1.83. The van der Waals surface area contributed by atoms with Crippen molar-refractivity contribution >= 4 is 28.5 Å². The van der Waals surface area contributed by atoms with Gasteiger partial charge in [-0.15, -0.1) is 0 Å². The van der Waals surface area contributed by atoms with Crippen LogP contribution in [-0.4, -0.2) is 33.1 Å². The lowest BCUT2D eigenvalue weighted by molar-refractivity contribution is 0.160. The second-order valence-electron chi connectivity index (χ2n) is 9.36. The topological polar surface area (TPSA) is 67.2 Å². The minimum absolute atomic E-state index is 0.0720. The van der Waals surface area contributed by atoms with Crippen LogP contribution in [0.2, 0.25) is 5.02 Å². The van der Waals surface area contributed by atoms with Gasteiger partial charge < -0.3 is 10.2 Å². The molecule has 0 radical (unpaired) electrons. The van der Waals surface area contributed by atoms with Gasteiger partial charge >= 0.3 is 6.03 Å². The van der Waals surface area contributed by atoms with E-state index in [9.17, 15) is 9.59 Å². The molecule has 35 heavy (non-hydrogen) atoms. The lowest BCUT2D eigenvalue weighted by Crippen LogP contribution is -2.48. The molecular formula is C28H35ClN4O2. The van der Waals surface area contributed by atoms with Crippen LogP contribution in [-0.2, 0) is 0 Å². The van der Waals surface area contributed by atoms with Crippen molar-refractivity contribution in [2.24, 2.45) is 0 Å². The minimum Gasteiger partial charge on any atom is -0.335 e. The molecule has 0 bridgehead atoms. The second kappa shape index (κ2) is 11.7. The van der Waals surface area contributed by atoms with E-state index in [1.54, 1.807) is 22.8 Å². The minimum atomic E-state index is -0.360. The van der Waals surface area contributed by atoms with Crippen LogP contribution in [0.3, 0.4) is 0 Å². The number of amides is 2. The normalized spacial score (nSPS) is 15.2. The Hall–Kier alpha value is -2.86. The van der Waals surface area contributed by atoms with E-state index < -0.39 is 0 Å². The fraction of sp³-hybridized carbons (Fsp3) is 0.464. The Morgan fingerprint density at radius 2 is 1.91 bits per heavy atom. The van der Waals surface area contributed by atoms with Crippen LogP contribution in [0.15, 0.2) is 53.3 Å². The fourth-order valence-corrected chi connectivity index (χ4v) is 5.20. The first kappa shape index (κ1) is 25.2. The third-order valence-electron chi connectivity index (χ3n) is 6.88. The average Bonchev–Trinajstić information content (AvgIpc) is 2.87. The van der Waals surface area contributed by atoms with Crippen molar-refractivity contribution < 1.29 is 4.79 Å². The number of urea groups is 1. The summed E-state index contributed by atoms with van der Waals surface area (Å²) in [7, 11) is 0. The first-order valence-corrected chi connectivity index (χ1v) is 13.3. The molecule has 2 aromatic carbocycles. The molecule has 7 heteroatoms. The largest absolute Gasteiger partial charge is 0.335 e. The van der Waals surface area contributed by atoms with Crippen LogP contribution in [0.1, 0.15) is 77.1 Å². The molecule has 1 fully saturated rings. The number of benzene rings is 2. The summed E-state index contributed by atoms with van der Waals surface area (Å²) in [6, 6.07) is 14.4. The molecule has 0 aliphatic heterocycles. The number of aromatic nitrogens is 2. The van der Waals surface area contributed by atoms with E-state index in [1.807, 2.05) is 42.2 Å². The monoisotopic (exact) mass is 494 g/mol. The molecule has 3 aromatic rings. The van der Waals surface area contributed by atoms with E-state index in [0.717, 1.165) is 38.5 Å². The predicted molar refractivity (Wildman–Crippen MR) is 142 cm³/mol. The molecule has 0 saturated heterocycles. The molecule has 1 saturated carbocycles. The van der Waals surface area contributed by atoms with Crippen molar-refractivity contribution in [1.29, 1.82) is 0 Å². The van der Waals surface area contributed by atoms with Gasteiger partial charge in [0.25, 0.3) is 5.56 Å². The van der Waals surface area contributed by atoms with Gasteiger partial charge in [0.05, 0.1) is 22.6 Å². The van der Waals surface area contributed by atoms with Gasteiger partial charge in [0.15, 0.2) is 0 Å². The fourth-order valence-electron chi connectivity index (χ4n) is 5.01. The Morgan fingerprint density at radius 1 is 1.14 bits per heavy atom. The summed E-state index contributed by atoms with van der Waals surface area (Å²) in [6.45, 7) is 4.77. The maximum atomic E-state index is 13.8. The van der Waals surface area contributed by atoms with E-state index in [1.165, 1.54) is 6.42 Å². The summed E-state index contributed by atoms with van der Waals surface area (Å²) in [5, 5.41) is 4.36. The zero-order chi connectivity index (χ0) is 24.8. The molecule has 1 aliphatic rings. The summed E-state index contributed by atoms with van der Waals surface area (Å²) in [5.74, 6) is 0.563. The summed E-state index contributed by atoms with van der Waals surface area (Å²) in [4.78, 5) is 34.2. The number of nitrogens with zero attached hydrogens (tertiary/aromatic N) is 3. The zero-order valence-electron chi connectivity index (χ0n) is 20.7. The number of carbonyl (C=O) groups is 1. The van der Waals surface area contributed by atoms with Crippen molar-refractivity contribution in [2.75, 3.05) is 6.54 Å². The van der Waals surface area contributed by atoms with Crippen LogP contribution in [0.4, 0.5) is 4.79 Å². The summed E-state index contributed by atoms with van der Waals surface area (Å²) < 4.78 is 1.63. The average molecular weight is 495 g/mol. The Kier molecular flexibility index (Phi) is 8.45. The number of fused-ring (bicyclic) bond motifs is 1. The summed E-state index contributed by atoms with van der Waals surface area (Å²) >= 11 is 6.31. The van der Waals surface area contributed by atoms with Crippen molar-refractivity contribution in [3.05, 3.63) is 69.7 Å². The van der Waals surface area contributed by atoms with Gasteiger partial charge in [-0.25, -0.2) is 9.78 Å². The molecule has 2 amide bonds. The SMILES string of the molecule is CCCCN(C(=O)NC1CCCCC1)C(CC)c1nc2ccccc2c(=O)n1-c1cccc(Cl)c1. The molecule has 1 heterocycles. The number of hydrogen-bond donors (Lipinski definition) is 1.